The normalized spacial score (nSPS) is 15.4. The fourth-order valence-corrected chi connectivity index (χ4v) is 3.90. The Kier molecular flexibility index (Phi) is 5.10. The van der Waals surface area contributed by atoms with Crippen LogP contribution in [-0.4, -0.2) is 47.0 Å². The predicted molar refractivity (Wildman–Crippen MR) is 95.1 cm³/mol. The molecule has 3 heterocycles. The highest BCUT2D eigenvalue weighted by atomic mass is 32.1. The van der Waals surface area contributed by atoms with Crippen LogP contribution in [0.5, 0.6) is 0 Å². The number of aryl methyl sites for hydroxylation is 1. The molecule has 0 spiro atoms. The third kappa shape index (κ3) is 3.47. The molecule has 1 aliphatic heterocycles. The number of carbonyl (C=O) groups excluding carboxylic acids is 1. The Hall–Kier alpha value is -1.69. The van der Waals surface area contributed by atoms with Gasteiger partial charge in [0.25, 0.3) is 0 Å². The van der Waals surface area contributed by atoms with Crippen molar-refractivity contribution in [2.24, 2.45) is 0 Å². The van der Waals surface area contributed by atoms with Crippen LogP contribution >= 0.6 is 11.3 Å². The lowest BCUT2D eigenvalue weighted by molar-refractivity contribution is -0.131. The summed E-state index contributed by atoms with van der Waals surface area (Å²) in [6, 6.07) is 2.22. The number of thiophene rings is 1. The minimum atomic E-state index is 0.295. The van der Waals surface area contributed by atoms with Gasteiger partial charge >= 0.3 is 0 Å². The van der Waals surface area contributed by atoms with E-state index in [0.29, 0.717) is 12.3 Å². The molecule has 2 aromatic heterocycles. The first-order chi connectivity index (χ1) is 11.2. The van der Waals surface area contributed by atoms with Crippen LogP contribution in [0.2, 0.25) is 0 Å². The molecule has 3 rings (SSSR count). The molecule has 0 aliphatic carbocycles. The zero-order chi connectivity index (χ0) is 16.2. The van der Waals surface area contributed by atoms with E-state index in [1.807, 2.05) is 4.90 Å². The quantitative estimate of drug-likeness (QED) is 0.844. The van der Waals surface area contributed by atoms with Gasteiger partial charge in [0.2, 0.25) is 5.91 Å². The van der Waals surface area contributed by atoms with Crippen LogP contribution in [-0.2, 0) is 11.2 Å². The molecule has 6 heteroatoms. The van der Waals surface area contributed by atoms with Gasteiger partial charge in [-0.15, -0.1) is 11.3 Å². The number of hydrogen-bond acceptors (Lipinski definition) is 5. The van der Waals surface area contributed by atoms with E-state index in [4.69, 9.17) is 0 Å². The van der Waals surface area contributed by atoms with Crippen molar-refractivity contribution in [3.05, 3.63) is 17.3 Å². The van der Waals surface area contributed by atoms with Crippen LogP contribution in [0.3, 0.4) is 0 Å². The molecule has 124 valence electrons. The van der Waals surface area contributed by atoms with Crippen molar-refractivity contribution in [3.63, 3.8) is 0 Å². The van der Waals surface area contributed by atoms with E-state index in [1.54, 1.807) is 17.7 Å². The van der Waals surface area contributed by atoms with Crippen LogP contribution in [0.15, 0.2) is 12.4 Å². The minimum absolute atomic E-state index is 0.295. The summed E-state index contributed by atoms with van der Waals surface area (Å²) in [4.78, 5) is 27.7. The van der Waals surface area contributed by atoms with Gasteiger partial charge in [-0.25, -0.2) is 9.97 Å². The van der Waals surface area contributed by atoms with Crippen molar-refractivity contribution in [2.75, 3.05) is 31.1 Å². The summed E-state index contributed by atoms with van der Waals surface area (Å²) in [5.74, 6) is 1.31. The summed E-state index contributed by atoms with van der Waals surface area (Å²) in [5.41, 5.74) is 0. The molecule has 0 bridgehead atoms. The van der Waals surface area contributed by atoms with Crippen molar-refractivity contribution in [1.82, 2.24) is 14.9 Å². The highest BCUT2D eigenvalue weighted by molar-refractivity contribution is 7.18. The molecule has 0 aromatic carbocycles. The molecular weight excluding hydrogens is 308 g/mol. The molecule has 0 N–H and O–H groups in total. The molecule has 1 fully saturated rings. The lowest BCUT2D eigenvalue weighted by Crippen LogP contribution is -2.49. The Morgan fingerprint density at radius 1 is 1.22 bits per heavy atom. The Morgan fingerprint density at radius 2 is 2.00 bits per heavy atom. The van der Waals surface area contributed by atoms with Crippen molar-refractivity contribution in [3.8, 4) is 0 Å². The van der Waals surface area contributed by atoms with E-state index in [0.717, 1.165) is 61.5 Å². The highest BCUT2D eigenvalue weighted by Gasteiger charge is 2.23. The monoisotopic (exact) mass is 332 g/mol. The molecule has 5 nitrogen and oxygen atoms in total. The van der Waals surface area contributed by atoms with Crippen molar-refractivity contribution in [2.45, 2.75) is 39.5 Å². The number of anilines is 1. The number of piperazine rings is 1. The Balaban J connectivity index is 1.70. The van der Waals surface area contributed by atoms with E-state index in [9.17, 15) is 4.79 Å². The maximum absolute atomic E-state index is 12.1. The molecule has 2 aromatic rings. The van der Waals surface area contributed by atoms with Crippen molar-refractivity contribution < 1.29 is 4.79 Å². The molecular formula is C17H24N4OS. The Morgan fingerprint density at radius 3 is 2.70 bits per heavy atom. The van der Waals surface area contributed by atoms with Crippen LogP contribution in [0.25, 0.3) is 10.2 Å². The molecule has 1 amide bonds. The molecule has 0 saturated carbocycles. The summed E-state index contributed by atoms with van der Waals surface area (Å²) in [6.45, 7) is 7.57. The molecule has 23 heavy (non-hydrogen) atoms. The topological polar surface area (TPSA) is 49.3 Å². The second-order valence-corrected chi connectivity index (χ2v) is 7.07. The number of amides is 1. The fourth-order valence-electron chi connectivity index (χ4n) is 2.97. The highest BCUT2D eigenvalue weighted by Crippen LogP contribution is 2.30. The van der Waals surface area contributed by atoms with E-state index >= 15 is 0 Å². The zero-order valence-electron chi connectivity index (χ0n) is 13.9. The third-order valence-electron chi connectivity index (χ3n) is 4.38. The number of nitrogens with zero attached hydrogens (tertiary/aromatic N) is 4. The van der Waals surface area contributed by atoms with Gasteiger partial charge in [0.05, 0.1) is 5.39 Å². The molecule has 0 atom stereocenters. The first-order valence-electron chi connectivity index (χ1n) is 8.49. The predicted octanol–water partition coefficient (Wildman–Crippen LogP) is 3.09. The van der Waals surface area contributed by atoms with Crippen LogP contribution < -0.4 is 4.90 Å². The fraction of sp³-hybridized carbons (Fsp3) is 0.588. The zero-order valence-corrected chi connectivity index (χ0v) is 14.7. The minimum Gasteiger partial charge on any atom is -0.352 e. The summed E-state index contributed by atoms with van der Waals surface area (Å²) in [5, 5.41) is 1.15. The summed E-state index contributed by atoms with van der Waals surface area (Å²) in [7, 11) is 0. The first-order valence-corrected chi connectivity index (χ1v) is 9.30. The van der Waals surface area contributed by atoms with Crippen LogP contribution in [0.1, 0.15) is 38.0 Å². The average Bonchev–Trinajstić information content (AvgIpc) is 3.03. The number of rotatable bonds is 5. The summed E-state index contributed by atoms with van der Waals surface area (Å²) < 4.78 is 0. The van der Waals surface area contributed by atoms with Gasteiger partial charge in [0.1, 0.15) is 17.0 Å². The molecule has 0 unspecified atom stereocenters. The van der Waals surface area contributed by atoms with Crippen molar-refractivity contribution in [1.29, 1.82) is 0 Å². The second kappa shape index (κ2) is 7.25. The van der Waals surface area contributed by atoms with Gasteiger partial charge in [0, 0.05) is 37.5 Å². The maximum Gasteiger partial charge on any atom is 0.222 e. The van der Waals surface area contributed by atoms with Gasteiger partial charge in [-0.3, -0.25) is 4.79 Å². The smallest absolute Gasteiger partial charge is 0.222 e. The van der Waals surface area contributed by atoms with E-state index in [-0.39, 0.29) is 0 Å². The average molecular weight is 332 g/mol. The number of aromatic nitrogens is 2. The largest absolute Gasteiger partial charge is 0.352 e. The van der Waals surface area contributed by atoms with Crippen LogP contribution in [0, 0.1) is 0 Å². The number of fused-ring (bicyclic) bond motifs is 1. The lowest BCUT2D eigenvalue weighted by Gasteiger charge is -2.35. The Labute approximate surface area is 141 Å². The second-order valence-electron chi connectivity index (χ2n) is 5.95. The van der Waals surface area contributed by atoms with Crippen molar-refractivity contribution >= 4 is 33.3 Å². The van der Waals surface area contributed by atoms with Gasteiger partial charge in [-0.2, -0.15) is 0 Å². The van der Waals surface area contributed by atoms with E-state index in [1.165, 1.54) is 4.88 Å². The maximum atomic E-state index is 12.1. The number of unbranched alkanes of at least 4 members (excludes halogenated alkanes) is 1. The summed E-state index contributed by atoms with van der Waals surface area (Å²) >= 11 is 1.75. The Bertz CT molecular complexity index is 676. The number of hydrogen-bond donors (Lipinski definition) is 0. The van der Waals surface area contributed by atoms with Gasteiger partial charge in [-0.1, -0.05) is 20.3 Å². The van der Waals surface area contributed by atoms with Gasteiger partial charge in [-0.05, 0) is 18.9 Å². The third-order valence-corrected chi connectivity index (χ3v) is 5.57. The molecule has 1 aliphatic rings. The standard InChI is InChI=1S/C17H24N4OS/c1-3-5-6-15(22)20-7-9-21(10-8-20)16-14-11-13(4-2)23-17(14)19-12-18-16/h11-12H,3-10H2,1-2H3. The SMILES string of the molecule is CCCCC(=O)N1CCN(c2ncnc3sc(CC)cc23)CC1. The van der Waals surface area contributed by atoms with Gasteiger partial charge < -0.3 is 9.80 Å². The first kappa shape index (κ1) is 16.2. The van der Waals surface area contributed by atoms with Crippen LogP contribution in [0.4, 0.5) is 5.82 Å². The van der Waals surface area contributed by atoms with Gasteiger partial charge in [0.15, 0.2) is 0 Å². The van der Waals surface area contributed by atoms with E-state index < -0.39 is 0 Å². The van der Waals surface area contributed by atoms with E-state index in [2.05, 4.69) is 34.8 Å². The summed E-state index contributed by atoms with van der Waals surface area (Å²) in [6.07, 6.45) is 5.42. The lowest BCUT2D eigenvalue weighted by atomic mass is 10.2. The molecule has 1 saturated heterocycles. The number of carbonyl (C=O) groups is 1. The molecule has 0 radical (unpaired) electrons.